The molecule has 0 rings (SSSR count). The monoisotopic (exact) mass is 179 g/mol. The van der Waals surface area contributed by atoms with Crippen LogP contribution < -0.4 is 0 Å². The first kappa shape index (κ1) is 13.8. The van der Waals surface area contributed by atoms with Crippen molar-refractivity contribution >= 4 is 12.9 Å². The number of unbranched alkanes of at least 4 members (excludes halogenated alkanes) is 2. The molecule has 0 aromatic heterocycles. The highest BCUT2D eigenvalue weighted by molar-refractivity contribution is 7.75. The van der Waals surface area contributed by atoms with E-state index in [1.54, 1.807) is 0 Å². The van der Waals surface area contributed by atoms with Gasteiger partial charge in [0.05, 0.1) is 0 Å². The van der Waals surface area contributed by atoms with Crippen LogP contribution in [0.5, 0.6) is 0 Å². The molecule has 0 aliphatic rings. The minimum Gasteiger partial charge on any atom is -0.322 e. The molecule has 0 radical (unpaired) electrons. The van der Waals surface area contributed by atoms with Gasteiger partial charge >= 0.3 is 0 Å². The molecule has 0 saturated carbocycles. The summed E-state index contributed by atoms with van der Waals surface area (Å²) in [5.41, 5.74) is 0. The molecule has 0 fully saturated rings. The smallest absolute Gasteiger partial charge is 0.0500 e. The second kappa shape index (κ2) is 12.9. The van der Waals surface area contributed by atoms with Crippen LogP contribution in [0.4, 0.5) is 0 Å². The van der Waals surface area contributed by atoms with Gasteiger partial charge in [-0.2, -0.15) is 0 Å². The lowest BCUT2D eigenvalue weighted by molar-refractivity contribution is 0.393. The van der Waals surface area contributed by atoms with E-state index in [0.717, 1.165) is 0 Å². The first-order valence-corrected chi connectivity index (χ1v) is 4.37. The molecule has 0 aromatic carbocycles. The third-order valence-corrected chi connectivity index (χ3v) is 1.21. The Bertz CT molecular complexity index is 60.1. The number of thiol groups is 1. The Hall–Kier alpha value is 0.270. The van der Waals surface area contributed by atoms with E-state index in [-0.39, 0.29) is 0 Å². The second-order valence-electron chi connectivity index (χ2n) is 2.69. The van der Waals surface area contributed by atoms with Crippen molar-refractivity contribution in [2.45, 2.75) is 26.2 Å². The molecule has 0 amide bonds. The number of rotatable bonds is 4. The van der Waals surface area contributed by atoms with Crippen molar-refractivity contribution in [2.75, 3.05) is 27.7 Å². The van der Waals surface area contributed by atoms with Crippen molar-refractivity contribution in [3.05, 3.63) is 0 Å². The van der Waals surface area contributed by atoms with E-state index in [9.17, 15) is 0 Å². The summed E-state index contributed by atoms with van der Waals surface area (Å²) < 4.78 is 3.94. The molecule has 0 spiro atoms. The Balaban J connectivity index is 0. The van der Waals surface area contributed by atoms with Gasteiger partial charge in [0.1, 0.15) is 0 Å². The molecule has 70 valence electrons. The molecule has 0 saturated heterocycles. The van der Waals surface area contributed by atoms with Gasteiger partial charge in [-0.25, -0.2) is 0 Å². The van der Waals surface area contributed by atoms with Crippen molar-refractivity contribution < 1.29 is 4.18 Å². The summed E-state index contributed by atoms with van der Waals surface area (Å²) in [6, 6.07) is 0. The number of nitrogens with zero attached hydrogens (tertiary/aromatic N) is 1. The summed E-state index contributed by atoms with van der Waals surface area (Å²) in [4.78, 5) is 2.23. The summed E-state index contributed by atoms with van der Waals surface area (Å²) in [5.74, 6) is 0. The van der Waals surface area contributed by atoms with Crippen LogP contribution in [0, 0.1) is 0 Å². The minimum atomic E-state index is 1.24. The molecule has 0 heterocycles. The Morgan fingerprint density at radius 1 is 1.27 bits per heavy atom. The molecule has 2 nitrogen and oxygen atoms in total. The van der Waals surface area contributed by atoms with Crippen LogP contribution in [0.3, 0.4) is 0 Å². The molecule has 0 bridgehead atoms. The highest BCUT2D eigenvalue weighted by Crippen LogP contribution is 1.93. The van der Waals surface area contributed by atoms with E-state index >= 15 is 0 Å². The summed E-state index contributed by atoms with van der Waals surface area (Å²) >= 11 is 3.29. The lowest BCUT2D eigenvalue weighted by atomic mass is 10.2. The fourth-order valence-electron chi connectivity index (χ4n) is 0.678. The Kier molecular flexibility index (Phi) is 16.2. The molecule has 11 heavy (non-hydrogen) atoms. The molecule has 0 aliphatic carbocycles. The minimum absolute atomic E-state index is 1.24. The van der Waals surface area contributed by atoms with Gasteiger partial charge in [-0.05, 0) is 40.0 Å². The van der Waals surface area contributed by atoms with Crippen molar-refractivity contribution in [3.63, 3.8) is 0 Å². The summed E-state index contributed by atoms with van der Waals surface area (Å²) in [6.07, 6.45) is 4.05. The van der Waals surface area contributed by atoms with Crippen LogP contribution in [0.25, 0.3) is 0 Å². The molecule has 0 atom stereocenters. The van der Waals surface area contributed by atoms with Gasteiger partial charge in [0.2, 0.25) is 0 Å². The highest BCUT2D eigenvalue weighted by atomic mass is 32.1. The largest absolute Gasteiger partial charge is 0.322 e. The van der Waals surface area contributed by atoms with Gasteiger partial charge in [-0.3, -0.25) is 0 Å². The van der Waals surface area contributed by atoms with Crippen LogP contribution in [-0.2, 0) is 4.18 Å². The highest BCUT2D eigenvalue weighted by Gasteiger charge is 1.86. The molecule has 0 unspecified atom stereocenters. The lowest BCUT2D eigenvalue weighted by Gasteiger charge is -2.06. The van der Waals surface area contributed by atoms with Crippen molar-refractivity contribution in [3.8, 4) is 0 Å². The maximum absolute atomic E-state index is 3.94. The maximum atomic E-state index is 3.94. The van der Waals surface area contributed by atoms with E-state index in [0.29, 0.717) is 0 Å². The average Bonchev–Trinajstić information content (AvgIpc) is 1.89. The zero-order chi connectivity index (χ0) is 9.11. The van der Waals surface area contributed by atoms with E-state index < -0.39 is 0 Å². The predicted molar refractivity (Wildman–Crippen MR) is 54.1 cm³/mol. The zero-order valence-corrected chi connectivity index (χ0v) is 9.03. The van der Waals surface area contributed by atoms with E-state index in [2.05, 4.69) is 43.0 Å². The van der Waals surface area contributed by atoms with Crippen LogP contribution in [0.2, 0.25) is 0 Å². The number of hydrogen-bond acceptors (Lipinski definition) is 3. The van der Waals surface area contributed by atoms with E-state index in [4.69, 9.17) is 0 Å². The lowest BCUT2D eigenvalue weighted by Crippen LogP contribution is -2.12. The van der Waals surface area contributed by atoms with Crippen LogP contribution in [-0.4, -0.2) is 32.6 Å². The quantitative estimate of drug-likeness (QED) is 0.403. The Morgan fingerprint density at radius 3 is 2.00 bits per heavy atom. The normalized spacial score (nSPS) is 9.27. The maximum Gasteiger partial charge on any atom is 0.0500 e. The zero-order valence-electron chi connectivity index (χ0n) is 8.13. The van der Waals surface area contributed by atoms with Crippen LogP contribution >= 0.6 is 12.9 Å². The summed E-state index contributed by atoms with van der Waals surface area (Å²) in [6.45, 7) is 3.48. The molecular weight excluding hydrogens is 158 g/mol. The molecule has 0 aromatic rings. The first-order valence-electron chi connectivity index (χ1n) is 4.01. The van der Waals surface area contributed by atoms with Gasteiger partial charge in [0, 0.05) is 7.11 Å². The van der Waals surface area contributed by atoms with Gasteiger partial charge in [0.25, 0.3) is 0 Å². The van der Waals surface area contributed by atoms with Crippen molar-refractivity contribution in [1.29, 1.82) is 0 Å². The second-order valence-corrected chi connectivity index (χ2v) is 3.06. The average molecular weight is 179 g/mol. The van der Waals surface area contributed by atoms with Crippen LogP contribution in [0.15, 0.2) is 0 Å². The summed E-state index contributed by atoms with van der Waals surface area (Å²) in [7, 11) is 5.73. The number of hydrogen-bond donors (Lipinski definition) is 1. The topological polar surface area (TPSA) is 12.5 Å². The summed E-state index contributed by atoms with van der Waals surface area (Å²) in [5, 5.41) is 0. The van der Waals surface area contributed by atoms with E-state index in [1.807, 2.05) is 0 Å². The fraction of sp³-hybridized carbons (Fsp3) is 1.00. The predicted octanol–water partition coefficient (Wildman–Crippen LogP) is 2.22. The Labute approximate surface area is 76.5 Å². The molecule has 3 heteroatoms. The van der Waals surface area contributed by atoms with E-state index in [1.165, 1.54) is 32.9 Å². The van der Waals surface area contributed by atoms with Gasteiger partial charge in [-0.1, -0.05) is 19.8 Å². The first-order chi connectivity index (χ1) is 5.18. The van der Waals surface area contributed by atoms with Gasteiger partial charge < -0.3 is 9.08 Å². The standard InChI is InChI=1S/C7H17N.CH4OS/c1-4-5-6-7-8(2)3;1-2-3/h4-7H2,1-3H3;3H,1H3. The van der Waals surface area contributed by atoms with Gasteiger partial charge in [0.15, 0.2) is 0 Å². The fourth-order valence-corrected chi connectivity index (χ4v) is 0.678. The van der Waals surface area contributed by atoms with Crippen LogP contribution in [0.1, 0.15) is 26.2 Å². The van der Waals surface area contributed by atoms with Gasteiger partial charge in [-0.15, -0.1) is 0 Å². The molecule has 0 N–H and O–H groups in total. The SMILES string of the molecule is CCCCCN(C)C.COS. The van der Waals surface area contributed by atoms with Crippen molar-refractivity contribution in [1.82, 2.24) is 4.90 Å². The third-order valence-electron chi connectivity index (χ3n) is 1.21. The van der Waals surface area contributed by atoms with Crippen molar-refractivity contribution in [2.24, 2.45) is 0 Å². The third kappa shape index (κ3) is 25.3. The Morgan fingerprint density at radius 2 is 1.73 bits per heavy atom. The molecular formula is C8H21NOS. The molecule has 0 aliphatic heterocycles.